The lowest BCUT2D eigenvalue weighted by molar-refractivity contribution is -0.140. The van der Waals surface area contributed by atoms with E-state index in [1.54, 1.807) is 7.05 Å². The fourth-order valence-corrected chi connectivity index (χ4v) is 1.99. The molecule has 1 aliphatic rings. The molecule has 5 nitrogen and oxygen atoms in total. The molecule has 98 valence electrons. The molecule has 0 aromatic rings. The van der Waals surface area contributed by atoms with Gasteiger partial charge in [0.2, 0.25) is 0 Å². The molecule has 1 saturated carbocycles. The Morgan fingerprint density at radius 1 is 1.29 bits per heavy atom. The maximum Gasteiger partial charge on any atom is 0.317 e. The molecule has 0 atom stereocenters. The van der Waals surface area contributed by atoms with Gasteiger partial charge in [-0.3, -0.25) is 4.79 Å². The highest BCUT2D eigenvalue weighted by atomic mass is 16.5. The number of methoxy groups -OCH3 is 1. The monoisotopic (exact) mass is 242 g/mol. The normalized spacial score (nSPS) is 16.4. The molecule has 0 unspecified atom stereocenters. The van der Waals surface area contributed by atoms with Crippen molar-refractivity contribution < 1.29 is 14.3 Å². The van der Waals surface area contributed by atoms with Crippen LogP contribution in [0.3, 0.4) is 0 Å². The molecule has 0 bridgehead atoms. The number of nitrogens with zero attached hydrogens (tertiary/aromatic N) is 1. The van der Waals surface area contributed by atoms with Crippen LogP contribution in [0.1, 0.15) is 38.5 Å². The minimum Gasteiger partial charge on any atom is -0.469 e. The van der Waals surface area contributed by atoms with Crippen LogP contribution in [0.15, 0.2) is 0 Å². The van der Waals surface area contributed by atoms with E-state index < -0.39 is 0 Å². The van der Waals surface area contributed by atoms with Gasteiger partial charge < -0.3 is 15.0 Å². The highest BCUT2D eigenvalue weighted by Crippen LogP contribution is 2.17. The van der Waals surface area contributed by atoms with Gasteiger partial charge in [0.1, 0.15) is 0 Å². The molecular formula is C12H22N2O3. The predicted molar refractivity (Wildman–Crippen MR) is 64.7 cm³/mol. The van der Waals surface area contributed by atoms with Gasteiger partial charge >= 0.3 is 12.0 Å². The van der Waals surface area contributed by atoms with E-state index in [1.807, 2.05) is 0 Å². The Hall–Kier alpha value is -1.26. The van der Waals surface area contributed by atoms with E-state index >= 15 is 0 Å². The van der Waals surface area contributed by atoms with Gasteiger partial charge in [0.25, 0.3) is 0 Å². The van der Waals surface area contributed by atoms with E-state index in [0.717, 1.165) is 12.8 Å². The van der Waals surface area contributed by atoms with Crippen LogP contribution in [0.4, 0.5) is 4.79 Å². The number of nitrogens with one attached hydrogen (secondary N) is 1. The van der Waals surface area contributed by atoms with Crippen LogP contribution in [0.5, 0.6) is 0 Å². The highest BCUT2D eigenvalue weighted by molar-refractivity contribution is 5.75. The van der Waals surface area contributed by atoms with Crippen molar-refractivity contribution in [3.8, 4) is 0 Å². The average molecular weight is 242 g/mol. The summed E-state index contributed by atoms with van der Waals surface area (Å²) >= 11 is 0. The molecule has 1 aliphatic carbocycles. The number of urea groups is 1. The molecule has 0 aromatic heterocycles. The zero-order chi connectivity index (χ0) is 12.7. The Kier molecular flexibility index (Phi) is 5.80. The minimum atomic E-state index is -0.290. The van der Waals surface area contributed by atoms with E-state index in [4.69, 9.17) is 0 Å². The summed E-state index contributed by atoms with van der Waals surface area (Å²) < 4.78 is 4.53. The molecule has 0 radical (unpaired) electrons. The van der Waals surface area contributed by atoms with Gasteiger partial charge in [0.15, 0.2) is 0 Å². The summed E-state index contributed by atoms with van der Waals surface area (Å²) in [6, 6.07) is 0.206. The van der Waals surface area contributed by atoms with E-state index in [9.17, 15) is 9.59 Å². The number of ether oxygens (including phenoxy) is 1. The van der Waals surface area contributed by atoms with Gasteiger partial charge in [-0.2, -0.15) is 0 Å². The fourth-order valence-electron chi connectivity index (χ4n) is 1.99. The van der Waals surface area contributed by atoms with Crippen molar-refractivity contribution in [3.63, 3.8) is 0 Å². The molecule has 2 amide bonds. The largest absolute Gasteiger partial charge is 0.469 e. The quantitative estimate of drug-likeness (QED) is 0.760. The second kappa shape index (κ2) is 7.14. The van der Waals surface area contributed by atoms with Gasteiger partial charge in [-0.15, -0.1) is 0 Å². The van der Waals surface area contributed by atoms with Crippen molar-refractivity contribution in [2.45, 2.75) is 44.6 Å². The molecule has 1 fully saturated rings. The van der Waals surface area contributed by atoms with Crippen molar-refractivity contribution in [1.29, 1.82) is 0 Å². The Morgan fingerprint density at radius 2 is 1.94 bits per heavy atom. The Morgan fingerprint density at radius 3 is 2.53 bits per heavy atom. The smallest absolute Gasteiger partial charge is 0.317 e. The first-order chi connectivity index (χ1) is 8.13. The number of esters is 1. The Balaban J connectivity index is 2.23. The lowest BCUT2D eigenvalue weighted by Gasteiger charge is -2.26. The van der Waals surface area contributed by atoms with Gasteiger partial charge in [-0.1, -0.05) is 19.3 Å². The SMILES string of the molecule is COC(=O)CCN(C)C(=O)NC1CCCCC1. The molecule has 1 N–H and O–H groups in total. The molecule has 0 spiro atoms. The van der Waals surface area contributed by atoms with Gasteiger partial charge in [0.05, 0.1) is 13.5 Å². The number of hydrogen-bond donors (Lipinski definition) is 1. The molecular weight excluding hydrogens is 220 g/mol. The zero-order valence-corrected chi connectivity index (χ0v) is 10.7. The summed E-state index contributed by atoms with van der Waals surface area (Å²) in [5.41, 5.74) is 0. The molecule has 1 rings (SSSR count). The van der Waals surface area contributed by atoms with Crippen molar-refractivity contribution in [3.05, 3.63) is 0 Å². The second-order valence-corrected chi connectivity index (χ2v) is 4.53. The third kappa shape index (κ3) is 5.06. The molecule has 0 heterocycles. The van der Waals surface area contributed by atoms with Crippen LogP contribution in [0.25, 0.3) is 0 Å². The second-order valence-electron chi connectivity index (χ2n) is 4.53. The third-order valence-corrected chi connectivity index (χ3v) is 3.16. The summed E-state index contributed by atoms with van der Waals surface area (Å²) in [6.07, 6.45) is 6.02. The van der Waals surface area contributed by atoms with E-state index in [2.05, 4.69) is 10.1 Å². The first-order valence-corrected chi connectivity index (χ1v) is 6.22. The maximum atomic E-state index is 11.8. The van der Waals surface area contributed by atoms with Crippen molar-refractivity contribution in [2.24, 2.45) is 0 Å². The number of carbonyl (C=O) groups excluding carboxylic acids is 2. The number of hydrogen-bond acceptors (Lipinski definition) is 3. The summed E-state index contributed by atoms with van der Waals surface area (Å²) in [4.78, 5) is 24.3. The summed E-state index contributed by atoms with van der Waals surface area (Å²) in [7, 11) is 3.05. The van der Waals surface area contributed by atoms with E-state index in [1.165, 1.54) is 31.3 Å². The number of carbonyl (C=O) groups is 2. The van der Waals surface area contributed by atoms with Gasteiger partial charge in [0, 0.05) is 19.6 Å². The molecule has 5 heteroatoms. The third-order valence-electron chi connectivity index (χ3n) is 3.16. The lowest BCUT2D eigenvalue weighted by atomic mass is 9.96. The first kappa shape index (κ1) is 13.8. The first-order valence-electron chi connectivity index (χ1n) is 6.22. The predicted octanol–water partition coefficient (Wildman–Crippen LogP) is 1.52. The van der Waals surface area contributed by atoms with Crippen LogP contribution in [0.2, 0.25) is 0 Å². The fraction of sp³-hybridized carbons (Fsp3) is 0.833. The maximum absolute atomic E-state index is 11.8. The summed E-state index contributed by atoms with van der Waals surface area (Å²) in [5, 5.41) is 3.00. The van der Waals surface area contributed by atoms with Crippen molar-refractivity contribution in [1.82, 2.24) is 10.2 Å². The lowest BCUT2D eigenvalue weighted by Crippen LogP contribution is -2.44. The standard InChI is InChI=1S/C12H22N2O3/c1-14(9-8-11(15)17-2)12(16)13-10-6-4-3-5-7-10/h10H,3-9H2,1-2H3,(H,13,16). The molecule has 17 heavy (non-hydrogen) atoms. The molecule has 0 aromatic carbocycles. The van der Waals surface area contributed by atoms with Gasteiger partial charge in [-0.05, 0) is 12.8 Å². The van der Waals surface area contributed by atoms with Crippen LogP contribution >= 0.6 is 0 Å². The van der Waals surface area contributed by atoms with Crippen molar-refractivity contribution in [2.75, 3.05) is 20.7 Å². The van der Waals surface area contributed by atoms with Crippen LogP contribution in [0, 0.1) is 0 Å². The van der Waals surface area contributed by atoms with Crippen LogP contribution < -0.4 is 5.32 Å². The molecule has 0 aliphatic heterocycles. The van der Waals surface area contributed by atoms with E-state index in [0.29, 0.717) is 12.6 Å². The Bertz CT molecular complexity index is 262. The highest BCUT2D eigenvalue weighted by Gasteiger charge is 2.18. The average Bonchev–Trinajstić information content (AvgIpc) is 2.36. The number of rotatable bonds is 4. The van der Waals surface area contributed by atoms with Crippen LogP contribution in [-0.2, 0) is 9.53 Å². The summed E-state index contributed by atoms with van der Waals surface area (Å²) in [5.74, 6) is -0.290. The van der Waals surface area contributed by atoms with E-state index in [-0.39, 0.29) is 18.4 Å². The van der Waals surface area contributed by atoms with Crippen molar-refractivity contribution >= 4 is 12.0 Å². The number of amides is 2. The Labute approximate surface area is 102 Å². The summed E-state index contributed by atoms with van der Waals surface area (Å²) in [6.45, 7) is 0.394. The topological polar surface area (TPSA) is 58.6 Å². The molecule has 0 saturated heterocycles. The zero-order valence-electron chi connectivity index (χ0n) is 10.7. The minimum absolute atomic E-state index is 0.0965. The van der Waals surface area contributed by atoms with Crippen LogP contribution in [-0.4, -0.2) is 43.6 Å². The van der Waals surface area contributed by atoms with Gasteiger partial charge in [-0.25, -0.2) is 4.79 Å².